The van der Waals surface area contributed by atoms with Crippen LogP contribution in [0.4, 0.5) is 24.5 Å². The molecule has 0 spiro atoms. The minimum absolute atomic E-state index is 0.124. The number of hydrogen-bond acceptors (Lipinski definition) is 6. The van der Waals surface area contributed by atoms with Crippen molar-refractivity contribution in [1.29, 1.82) is 0 Å². The third-order valence-electron chi connectivity index (χ3n) is 7.16. The van der Waals surface area contributed by atoms with Crippen LogP contribution < -0.4 is 20.5 Å². The second kappa shape index (κ2) is 10.5. The number of alkyl halides is 3. The summed E-state index contributed by atoms with van der Waals surface area (Å²) in [5, 5.41) is 4.51. The van der Waals surface area contributed by atoms with Gasteiger partial charge < -0.3 is 14.9 Å². The van der Waals surface area contributed by atoms with Crippen molar-refractivity contribution in [3.05, 3.63) is 94.9 Å². The first-order chi connectivity index (χ1) is 19.3. The monoisotopic (exact) mass is 561 g/mol. The molecule has 6 nitrogen and oxygen atoms in total. The minimum atomic E-state index is -4.58. The van der Waals surface area contributed by atoms with Gasteiger partial charge in [0.05, 0.1) is 22.3 Å². The average molecular weight is 562 g/mol. The van der Waals surface area contributed by atoms with Crippen molar-refractivity contribution in [2.24, 2.45) is 0 Å². The van der Waals surface area contributed by atoms with Crippen LogP contribution in [-0.4, -0.2) is 42.0 Å². The topological polar surface area (TPSA) is 62.2 Å². The van der Waals surface area contributed by atoms with Crippen molar-refractivity contribution >= 4 is 45.1 Å². The fourth-order valence-corrected chi connectivity index (χ4v) is 5.64. The molecule has 2 N–H and O–H groups in total. The highest BCUT2D eigenvalue weighted by Gasteiger charge is 2.36. The molecule has 0 atom stereocenters. The Hall–Kier alpha value is -4.02. The van der Waals surface area contributed by atoms with Crippen molar-refractivity contribution in [2.45, 2.75) is 6.18 Å². The molecule has 0 aliphatic carbocycles. The zero-order chi connectivity index (χ0) is 27.9. The number of fused-ring (bicyclic) bond motifs is 3. The van der Waals surface area contributed by atoms with E-state index >= 15 is 0 Å². The highest BCUT2D eigenvalue weighted by Crippen LogP contribution is 2.39. The summed E-state index contributed by atoms with van der Waals surface area (Å²) in [4.78, 5) is 19.6. The Morgan fingerprint density at radius 1 is 0.925 bits per heavy atom. The van der Waals surface area contributed by atoms with Crippen LogP contribution in [0.1, 0.15) is 5.56 Å². The average Bonchev–Trinajstić information content (AvgIpc) is 2.97. The number of pyridine rings is 2. The summed E-state index contributed by atoms with van der Waals surface area (Å²) in [6.07, 6.45) is -0.986. The van der Waals surface area contributed by atoms with Gasteiger partial charge >= 0.3 is 6.18 Å². The number of anilines is 2. The summed E-state index contributed by atoms with van der Waals surface area (Å²) in [6, 6.07) is 20.9. The lowest BCUT2D eigenvalue weighted by Gasteiger charge is -2.32. The third-order valence-corrected chi connectivity index (χ3v) is 7.60. The van der Waals surface area contributed by atoms with Gasteiger partial charge in [-0.1, -0.05) is 30.1 Å². The van der Waals surface area contributed by atoms with Crippen LogP contribution in [0.5, 0.6) is 0 Å². The molecule has 0 amide bonds. The SMILES string of the molecule is CSNc1ccc(-c2ccc3ncc4ccc(=O)n(-c5ccc(N6CCNCC6)c(C(F)(F)F)c5)c4c3c2)cc1. The number of piperazine rings is 1. The molecule has 10 heteroatoms. The van der Waals surface area contributed by atoms with Gasteiger partial charge in [-0.25, -0.2) is 0 Å². The van der Waals surface area contributed by atoms with E-state index < -0.39 is 17.3 Å². The van der Waals surface area contributed by atoms with E-state index in [1.54, 1.807) is 23.2 Å². The number of nitrogens with one attached hydrogen (secondary N) is 2. The first-order valence-electron chi connectivity index (χ1n) is 12.8. The van der Waals surface area contributed by atoms with Gasteiger partial charge in [0.15, 0.2) is 0 Å². The lowest BCUT2D eigenvalue weighted by atomic mass is 10.0. The Kier molecular flexibility index (Phi) is 6.89. The van der Waals surface area contributed by atoms with E-state index in [-0.39, 0.29) is 11.4 Å². The molecule has 1 fully saturated rings. The lowest BCUT2D eigenvalue weighted by Crippen LogP contribution is -2.44. The maximum Gasteiger partial charge on any atom is 0.418 e. The number of nitrogens with zero attached hydrogens (tertiary/aromatic N) is 3. The van der Waals surface area contributed by atoms with Crippen molar-refractivity contribution in [2.75, 3.05) is 42.1 Å². The molecule has 0 unspecified atom stereocenters. The van der Waals surface area contributed by atoms with E-state index in [9.17, 15) is 18.0 Å². The van der Waals surface area contributed by atoms with Crippen LogP contribution in [0.3, 0.4) is 0 Å². The van der Waals surface area contributed by atoms with E-state index in [1.807, 2.05) is 48.7 Å². The first kappa shape index (κ1) is 26.2. The van der Waals surface area contributed by atoms with Gasteiger partial charge in [0, 0.05) is 66.8 Å². The number of aromatic nitrogens is 2. The number of hydrogen-bond donors (Lipinski definition) is 2. The van der Waals surface area contributed by atoms with Crippen LogP contribution in [0.25, 0.3) is 38.6 Å². The molecule has 2 aromatic heterocycles. The molecule has 1 saturated heterocycles. The standard InChI is InChI=1S/C30H26F3N5OS/c1-40-36-22-6-2-19(3-7-22)20-4-9-26-24(16-20)29-21(18-35-26)5-11-28(39)38(29)23-8-10-27(25(17-23)30(31,32)33)37-14-12-34-13-15-37/h2-11,16-18,34,36H,12-15H2,1H3. The molecule has 3 heterocycles. The second-order valence-electron chi connectivity index (χ2n) is 9.62. The van der Waals surface area contributed by atoms with Crippen molar-refractivity contribution in [1.82, 2.24) is 14.9 Å². The predicted molar refractivity (Wildman–Crippen MR) is 158 cm³/mol. The van der Waals surface area contributed by atoms with Gasteiger partial charge in [-0.05, 0) is 59.7 Å². The molecule has 204 valence electrons. The molecule has 6 rings (SSSR count). The Morgan fingerprint density at radius 3 is 2.40 bits per heavy atom. The van der Waals surface area contributed by atoms with E-state index in [2.05, 4.69) is 15.0 Å². The van der Waals surface area contributed by atoms with Gasteiger partial charge in [0.25, 0.3) is 5.56 Å². The molecule has 5 aromatic rings. The number of halogens is 3. The fraction of sp³-hybridized carbons (Fsp3) is 0.200. The molecule has 3 aromatic carbocycles. The highest BCUT2D eigenvalue weighted by molar-refractivity contribution is 7.99. The molecule has 0 radical (unpaired) electrons. The van der Waals surface area contributed by atoms with Gasteiger partial charge in [-0.2, -0.15) is 13.2 Å². The van der Waals surface area contributed by atoms with E-state index in [1.165, 1.54) is 28.6 Å². The molecule has 0 saturated carbocycles. The van der Waals surface area contributed by atoms with Crippen LogP contribution in [0.2, 0.25) is 0 Å². The van der Waals surface area contributed by atoms with Gasteiger partial charge in [-0.15, -0.1) is 0 Å². The quantitative estimate of drug-likeness (QED) is 0.193. The van der Waals surface area contributed by atoms with Crippen LogP contribution in [-0.2, 0) is 6.18 Å². The molecular weight excluding hydrogens is 535 g/mol. The predicted octanol–water partition coefficient (Wildman–Crippen LogP) is 6.32. The van der Waals surface area contributed by atoms with E-state index in [0.717, 1.165) is 22.9 Å². The Labute approximate surface area is 233 Å². The summed E-state index contributed by atoms with van der Waals surface area (Å²) < 4.78 is 47.6. The van der Waals surface area contributed by atoms with Crippen molar-refractivity contribution in [3.8, 4) is 16.8 Å². The third kappa shape index (κ3) is 4.89. The molecular formula is C30H26F3N5OS. The fourth-order valence-electron chi connectivity index (χ4n) is 5.27. The molecule has 40 heavy (non-hydrogen) atoms. The normalized spacial score (nSPS) is 14.2. The van der Waals surface area contributed by atoms with Gasteiger partial charge in [0.2, 0.25) is 0 Å². The van der Waals surface area contributed by atoms with Crippen molar-refractivity contribution < 1.29 is 13.2 Å². The van der Waals surface area contributed by atoms with Gasteiger partial charge in [0.1, 0.15) is 0 Å². The summed E-state index contributed by atoms with van der Waals surface area (Å²) >= 11 is 1.51. The summed E-state index contributed by atoms with van der Waals surface area (Å²) in [6.45, 7) is 2.17. The van der Waals surface area contributed by atoms with Crippen LogP contribution >= 0.6 is 11.9 Å². The zero-order valence-corrected chi connectivity index (χ0v) is 22.4. The number of rotatable bonds is 5. The van der Waals surface area contributed by atoms with E-state index in [0.29, 0.717) is 48.0 Å². The largest absolute Gasteiger partial charge is 0.418 e. The maximum absolute atomic E-state index is 14.3. The Morgan fingerprint density at radius 2 is 1.68 bits per heavy atom. The van der Waals surface area contributed by atoms with Crippen LogP contribution in [0, 0.1) is 0 Å². The Balaban J connectivity index is 1.55. The van der Waals surface area contributed by atoms with Crippen LogP contribution in [0.15, 0.2) is 83.8 Å². The summed E-state index contributed by atoms with van der Waals surface area (Å²) in [5.41, 5.74) is 3.12. The highest BCUT2D eigenvalue weighted by atomic mass is 32.2. The first-order valence-corrected chi connectivity index (χ1v) is 14.1. The van der Waals surface area contributed by atoms with Crippen molar-refractivity contribution in [3.63, 3.8) is 0 Å². The Bertz CT molecular complexity index is 1760. The summed E-state index contributed by atoms with van der Waals surface area (Å²) in [7, 11) is 0. The minimum Gasteiger partial charge on any atom is -0.368 e. The summed E-state index contributed by atoms with van der Waals surface area (Å²) in [5.74, 6) is 0. The van der Waals surface area contributed by atoms with Gasteiger partial charge in [-0.3, -0.25) is 14.3 Å². The molecule has 1 aliphatic heterocycles. The molecule has 1 aliphatic rings. The number of benzene rings is 3. The maximum atomic E-state index is 14.3. The zero-order valence-electron chi connectivity index (χ0n) is 21.6. The smallest absolute Gasteiger partial charge is 0.368 e. The lowest BCUT2D eigenvalue weighted by molar-refractivity contribution is -0.137. The van der Waals surface area contributed by atoms with E-state index in [4.69, 9.17) is 0 Å². The second-order valence-corrected chi connectivity index (χ2v) is 10.2. The molecule has 0 bridgehead atoms.